The van der Waals surface area contributed by atoms with Crippen LogP contribution in [0.3, 0.4) is 0 Å². The number of rotatable bonds is 1. The Morgan fingerprint density at radius 2 is 2.06 bits per heavy atom. The Bertz CT molecular complexity index is 453. The molecule has 2 rings (SSSR count). The first-order valence-corrected chi connectivity index (χ1v) is 4.98. The highest BCUT2D eigenvalue weighted by molar-refractivity contribution is 5.63. The van der Waals surface area contributed by atoms with Crippen LogP contribution in [-0.2, 0) is 10.9 Å². The lowest BCUT2D eigenvalue weighted by atomic mass is 10.1. The summed E-state index contributed by atoms with van der Waals surface area (Å²) in [6.45, 7) is 0.755. The molecule has 6 heteroatoms. The minimum Gasteiger partial charge on any atom is -0.377 e. The SMILES string of the molecule is Fc1cc(C(F)(F)F)cnc1C1=CCOCC1. The van der Waals surface area contributed by atoms with Gasteiger partial charge in [-0.2, -0.15) is 13.2 Å². The second-order valence-corrected chi connectivity index (χ2v) is 3.61. The van der Waals surface area contributed by atoms with E-state index < -0.39 is 17.6 Å². The van der Waals surface area contributed by atoms with Crippen molar-refractivity contribution < 1.29 is 22.3 Å². The van der Waals surface area contributed by atoms with Crippen LogP contribution in [0.15, 0.2) is 18.3 Å². The van der Waals surface area contributed by atoms with E-state index in [0.717, 1.165) is 0 Å². The van der Waals surface area contributed by atoms with Gasteiger partial charge in [0.2, 0.25) is 0 Å². The fourth-order valence-electron chi connectivity index (χ4n) is 1.57. The van der Waals surface area contributed by atoms with Gasteiger partial charge in [-0.3, -0.25) is 4.98 Å². The Kier molecular flexibility index (Phi) is 3.15. The number of ether oxygens (including phenoxy) is 1. The van der Waals surface area contributed by atoms with Crippen molar-refractivity contribution in [3.63, 3.8) is 0 Å². The maximum absolute atomic E-state index is 13.5. The maximum atomic E-state index is 13.5. The van der Waals surface area contributed by atoms with Gasteiger partial charge < -0.3 is 4.74 Å². The summed E-state index contributed by atoms with van der Waals surface area (Å²) in [6.07, 6.45) is -1.84. The second kappa shape index (κ2) is 4.44. The van der Waals surface area contributed by atoms with Gasteiger partial charge in [0.1, 0.15) is 11.5 Å². The highest BCUT2D eigenvalue weighted by atomic mass is 19.4. The van der Waals surface area contributed by atoms with E-state index in [1.54, 1.807) is 6.08 Å². The summed E-state index contributed by atoms with van der Waals surface area (Å²) < 4.78 is 55.5. The predicted octanol–water partition coefficient (Wildman–Crippen LogP) is 3.04. The summed E-state index contributed by atoms with van der Waals surface area (Å²) in [5, 5.41) is 0. The fourth-order valence-corrected chi connectivity index (χ4v) is 1.57. The summed E-state index contributed by atoms with van der Waals surface area (Å²) in [6, 6.07) is 0.471. The molecular weight excluding hydrogens is 238 g/mol. The molecular formula is C11H9F4NO. The number of halogens is 4. The minimum atomic E-state index is -4.57. The zero-order valence-corrected chi connectivity index (χ0v) is 8.72. The van der Waals surface area contributed by atoms with E-state index in [2.05, 4.69) is 4.98 Å². The highest BCUT2D eigenvalue weighted by Crippen LogP contribution is 2.31. The van der Waals surface area contributed by atoms with Crippen LogP contribution in [0.4, 0.5) is 17.6 Å². The van der Waals surface area contributed by atoms with Crippen molar-refractivity contribution in [2.75, 3.05) is 13.2 Å². The van der Waals surface area contributed by atoms with Crippen molar-refractivity contribution >= 4 is 5.57 Å². The Labute approximate surface area is 94.9 Å². The van der Waals surface area contributed by atoms with Crippen LogP contribution >= 0.6 is 0 Å². The number of hydrogen-bond acceptors (Lipinski definition) is 2. The van der Waals surface area contributed by atoms with Crippen LogP contribution in [0.2, 0.25) is 0 Å². The molecule has 0 spiro atoms. The van der Waals surface area contributed by atoms with Crippen LogP contribution in [0, 0.1) is 5.82 Å². The first-order chi connectivity index (χ1) is 7.98. The zero-order chi connectivity index (χ0) is 12.5. The topological polar surface area (TPSA) is 22.1 Å². The molecule has 0 aromatic carbocycles. The number of alkyl halides is 3. The molecule has 0 radical (unpaired) electrons. The quantitative estimate of drug-likeness (QED) is 0.711. The summed E-state index contributed by atoms with van der Waals surface area (Å²) >= 11 is 0. The molecule has 2 nitrogen and oxygen atoms in total. The van der Waals surface area contributed by atoms with E-state index >= 15 is 0 Å². The molecule has 0 bridgehead atoms. The van der Waals surface area contributed by atoms with Crippen molar-refractivity contribution in [3.8, 4) is 0 Å². The molecule has 0 amide bonds. The summed E-state index contributed by atoms with van der Waals surface area (Å²) in [7, 11) is 0. The van der Waals surface area contributed by atoms with E-state index in [1.807, 2.05) is 0 Å². The second-order valence-electron chi connectivity index (χ2n) is 3.61. The average molecular weight is 247 g/mol. The average Bonchev–Trinajstić information content (AvgIpc) is 2.29. The van der Waals surface area contributed by atoms with Gasteiger partial charge in [0, 0.05) is 6.20 Å². The Hall–Kier alpha value is -1.43. The van der Waals surface area contributed by atoms with Gasteiger partial charge in [0.15, 0.2) is 0 Å². The molecule has 0 saturated heterocycles. The number of pyridine rings is 1. The minimum absolute atomic E-state index is 0.0266. The molecule has 1 aromatic heterocycles. The van der Waals surface area contributed by atoms with Crippen LogP contribution < -0.4 is 0 Å². The van der Waals surface area contributed by atoms with Crippen molar-refractivity contribution in [2.45, 2.75) is 12.6 Å². The molecule has 2 heterocycles. The van der Waals surface area contributed by atoms with Gasteiger partial charge >= 0.3 is 6.18 Å². The van der Waals surface area contributed by atoms with Crippen LogP contribution in [0.25, 0.3) is 5.57 Å². The summed E-state index contributed by atoms with van der Waals surface area (Å²) in [5.74, 6) is -0.951. The van der Waals surface area contributed by atoms with Gasteiger partial charge in [-0.1, -0.05) is 6.08 Å². The monoisotopic (exact) mass is 247 g/mol. The van der Waals surface area contributed by atoms with Gasteiger partial charge in [0.25, 0.3) is 0 Å². The third kappa shape index (κ3) is 2.63. The standard InChI is InChI=1S/C11H9F4NO/c12-9-5-8(11(13,14)15)6-16-10(9)7-1-3-17-4-2-7/h1,5-6H,2-4H2. The van der Waals surface area contributed by atoms with Crippen molar-refractivity contribution in [1.82, 2.24) is 4.98 Å². The van der Waals surface area contributed by atoms with Crippen molar-refractivity contribution in [1.29, 1.82) is 0 Å². The van der Waals surface area contributed by atoms with Gasteiger partial charge in [-0.25, -0.2) is 4.39 Å². The predicted molar refractivity (Wildman–Crippen MR) is 52.6 cm³/mol. The molecule has 0 aliphatic carbocycles. The van der Waals surface area contributed by atoms with Crippen LogP contribution in [0.1, 0.15) is 17.7 Å². The molecule has 1 aromatic rings. The van der Waals surface area contributed by atoms with Crippen LogP contribution in [0.5, 0.6) is 0 Å². The Morgan fingerprint density at radius 3 is 2.59 bits per heavy atom. The highest BCUT2D eigenvalue weighted by Gasteiger charge is 2.32. The van der Waals surface area contributed by atoms with Crippen molar-refractivity contribution in [3.05, 3.63) is 35.4 Å². The van der Waals surface area contributed by atoms with Crippen molar-refractivity contribution in [2.24, 2.45) is 0 Å². The molecule has 0 N–H and O–H groups in total. The lowest BCUT2D eigenvalue weighted by Gasteiger charge is -2.14. The lowest BCUT2D eigenvalue weighted by Crippen LogP contribution is -2.10. The van der Waals surface area contributed by atoms with E-state index in [0.29, 0.717) is 37.5 Å². The Balaban J connectivity index is 2.35. The molecule has 0 fully saturated rings. The Morgan fingerprint density at radius 1 is 1.29 bits per heavy atom. The summed E-state index contributed by atoms with van der Waals surface area (Å²) in [4.78, 5) is 3.55. The first kappa shape index (κ1) is 12.0. The van der Waals surface area contributed by atoms with Gasteiger partial charge in [-0.05, 0) is 18.1 Å². The summed E-state index contributed by atoms with van der Waals surface area (Å²) in [5.41, 5.74) is -0.518. The smallest absolute Gasteiger partial charge is 0.377 e. The molecule has 92 valence electrons. The third-order valence-electron chi connectivity index (χ3n) is 2.44. The number of hydrogen-bond donors (Lipinski definition) is 0. The molecule has 0 saturated carbocycles. The van der Waals surface area contributed by atoms with E-state index in [9.17, 15) is 17.6 Å². The van der Waals surface area contributed by atoms with Gasteiger partial charge in [-0.15, -0.1) is 0 Å². The number of aromatic nitrogens is 1. The van der Waals surface area contributed by atoms with E-state index in [1.165, 1.54) is 0 Å². The van der Waals surface area contributed by atoms with E-state index in [4.69, 9.17) is 4.74 Å². The maximum Gasteiger partial charge on any atom is 0.417 e. The van der Waals surface area contributed by atoms with Crippen LogP contribution in [-0.4, -0.2) is 18.2 Å². The molecule has 0 atom stereocenters. The van der Waals surface area contributed by atoms with Gasteiger partial charge in [0.05, 0.1) is 18.8 Å². The number of nitrogens with zero attached hydrogens (tertiary/aromatic N) is 1. The van der Waals surface area contributed by atoms with E-state index in [-0.39, 0.29) is 5.69 Å². The lowest BCUT2D eigenvalue weighted by molar-refractivity contribution is -0.138. The molecule has 1 aliphatic heterocycles. The third-order valence-corrected chi connectivity index (χ3v) is 2.44. The molecule has 1 aliphatic rings. The zero-order valence-electron chi connectivity index (χ0n) is 8.72. The fraction of sp³-hybridized carbons (Fsp3) is 0.364. The molecule has 0 unspecified atom stereocenters. The molecule has 17 heavy (non-hydrogen) atoms. The normalized spacial score (nSPS) is 16.8. The first-order valence-electron chi connectivity index (χ1n) is 4.98. The largest absolute Gasteiger partial charge is 0.417 e.